The first-order valence-corrected chi connectivity index (χ1v) is 10.6. The number of aromatic nitrogens is 2. The number of likely N-dealkylation sites (N-methyl/N-ethyl adjacent to an activating group) is 1. The number of nitrogens with zero attached hydrogens (tertiary/aromatic N) is 3. The van der Waals surface area contributed by atoms with Crippen molar-refractivity contribution in [2.45, 2.75) is 33.5 Å². The molecular weight excluding hydrogens is 419 g/mol. The fourth-order valence-corrected chi connectivity index (χ4v) is 3.79. The van der Waals surface area contributed by atoms with Crippen LogP contribution in [0.2, 0.25) is 10.0 Å². The Hall–Kier alpha value is -2.34. The van der Waals surface area contributed by atoms with Crippen LogP contribution in [-0.2, 0) is 24.4 Å². The molecule has 0 saturated heterocycles. The Morgan fingerprint density at radius 1 is 1.10 bits per heavy atom. The van der Waals surface area contributed by atoms with E-state index in [1.807, 2.05) is 60.8 Å². The maximum atomic E-state index is 12.5. The summed E-state index contributed by atoms with van der Waals surface area (Å²) in [6.07, 6.45) is 0. The number of carbonyl (C=O) groups excluding carboxylic acids is 1. The van der Waals surface area contributed by atoms with Gasteiger partial charge in [0.25, 0.3) is 0 Å². The van der Waals surface area contributed by atoms with Crippen molar-refractivity contribution >= 4 is 29.1 Å². The highest BCUT2D eigenvalue weighted by molar-refractivity contribution is 6.42. The SMILES string of the molecule is Cc1nn(Cc2ccccc2)c(C)c1CNC(=O)CN(C)Cc1cccc(Cl)c1Cl. The van der Waals surface area contributed by atoms with E-state index in [1.165, 1.54) is 5.56 Å². The van der Waals surface area contributed by atoms with Crippen LogP contribution in [0.4, 0.5) is 0 Å². The van der Waals surface area contributed by atoms with Gasteiger partial charge < -0.3 is 5.32 Å². The monoisotopic (exact) mass is 444 g/mol. The average Bonchev–Trinajstić information content (AvgIpc) is 2.97. The minimum absolute atomic E-state index is 0.0507. The third-order valence-electron chi connectivity index (χ3n) is 5.05. The first-order valence-electron chi connectivity index (χ1n) is 9.80. The summed E-state index contributed by atoms with van der Waals surface area (Å²) in [4.78, 5) is 14.4. The minimum Gasteiger partial charge on any atom is -0.351 e. The van der Waals surface area contributed by atoms with Crippen molar-refractivity contribution < 1.29 is 4.79 Å². The largest absolute Gasteiger partial charge is 0.351 e. The molecular formula is C23H26Cl2N4O. The first-order chi connectivity index (χ1) is 14.3. The number of amides is 1. The number of benzene rings is 2. The Balaban J connectivity index is 1.56. The molecule has 0 bridgehead atoms. The van der Waals surface area contributed by atoms with E-state index >= 15 is 0 Å². The van der Waals surface area contributed by atoms with Crippen molar-refractivity contribution in [2.75, 3.05) is 13.6 Å². The molecule has 0 spiro atoms. The van der Waals surface area contributed by atoms with E-state index in [2.05, 4.69) is 22.5 Å². The summed E-state index contributed by atoms with van der Waals surface area (Å²) < 4.78 is 1.99. The van der Waals surface area contributed by atoms with Crippen LogP contribution in [0.15, 0.2) is 48.5 Å². The molecule has 0 unspecified atom stereocenters. The molecule has 1 amide bonds. The summed E-state index contributed by atoms with van der Waals surface area (Å²) >= 11 is 12.3. The predicted octanol–water partition coefficient (Wildman–Crippen LogP) is 4.60. The lowest BCUT2D eigenvalue weighted by Crippen LogP contribution is -2.34. The van der Waals surface area contributed by atoms with Gasteiger partial charge in [0, 0.05) is 24.3 Å². The zero-order chi connectivity index (χ0) is 21.7. The van der Waals surface area contributed by atoms with Gasteiger partial charge in [0.15, 0.2) is 0 Å². The van der Waals surface area contributed by atoms with Gasteiger partial charge in [-0.3, -0.25) is 14.4 Å². The van der Waals surface area contributed by atoms with Crippen molar-refractivity contribution in [2.24, 2.45) is 0 Å². The Bertz CT molecular complexity index is 1020. The van der Waals surface area contributed by atoms with Crippen molar-refractivity contribution in [3.8, 4) is 0 Å². The molecule has 3 rings (SSSR count). The normalized spacial score (nSPS) is 11.1. The van der Waals surface area contributed by atoms with Crippen LogP contribution in [0.1, 0.15) is 28.1 Å². The molecule has 0 fully saturated rings. The number of aryl methyl sites for hydroxylation is 1. The summed E-state index contributed by atoms with van der Waals surface area (Å²) in [6, 6.07) is 15.7. The van der Waals surface area contributed by atoms with E-state index in [4.69, 9.17) is 23.2 Å². The van der Waals surface area contributed by atoms with Crippen LogP contribution in [0.25, 0.3) is 0 Å². The van der Waals surface area contributed by atoms with Gasteiger partial charge in [0.1, 0.15) is 0 Å². The van der Waals surface area contributed by atoms with Crippen molar-refractivity contribution in [3.63, 3.8) is 0 Å². The third kappa shape index (κ3) is 5.63. The molecule has 0 aliphatic carbocycles. The Labute approximate surface area is 187 Å². The number of rotatable bonds is 8. The van der Waals surface area contributed by atoms with E-state index in [0.29, 0.717) is 29.7 Å². The molecule has 158 valence electrons. The Kier molecular flexibility index (Phi) is 7.53. The van der Waals surface area contributed by atoms with Crippen LogP contribution >= 0.6 is 23.2 Å². The molecule has 7 heteroatoms. The lowest BCUT2D eigenvalue weighted by Gasteiger charge is -2.17. The van der Waals surface area contributed by atoms with Crippen LogP contribution in [0.5, 0.6) is 0 Å². The van der Waals surface area contributed by atoms with Gasteiger partial charge in [-0.2, -0.15) is 5.10 Å². The van der Waals surface area contributed by atoms with Gasteiger partial charge in [0.05, 0.1) is 28.8 Å². The van der Waals surface area contributed by atoms with E-state index in [9.17, 15) is 4.79 Å². The van der Waals surface area contributed by atoms with Crippen molar-refractivity contribution in [1.29, 1.82) is 0 Å². The van der Waals surface area contributed by atoms with Gasteiger partial charge in [-0.05, 0) is 38.1 Å². The molecule has 3 aromatic rings. The van der Waals surface area contributed by atoms with Crippen LogP contribution in [0.3, 0.4) is 0 Å². The quantitative estimate of drug-likeness (QED) is 0.551. The standard InChI is InChI=1S/C23H26Cl2N4O/c1-16-20(17(2)29(27-16)13-18-8-5-4-6-9-18)12-26-22(30)15-28(3)14-19-10-7-11-21(24)23(19)25/h4-11H,12-15H2,1-3H3,(H,26,30). The highest BCUT2D eigenvalue weighted by atomic mass is 35.5. The molecule has 2 aromatic carbocycles. The number of halogens is 2. The molecule has 0 atom stereocenters. The van der Waals surface area contributed by atoms with Gasteiger partial charge in [0.2, 0.25) is 5.91 Å². The Morgan fingerprint density at radius 2 is 1.83 bits per heavy atom. The number of carbonyl (C=O) groups is 1. The van der Waals surface area contributed by atoms with Crippen LogP contribution in [-0.4, -0.2) is 34.2 Å². The fourth-order valence-electron chi connectivity index (χ4n) is 3.41. The number of hydrogen-bond donors (Lipinski definition) is 1. The number of nitrogens with one attached hydrogen (secondary N) is 1. The van der Waals surface area contributed by atoms with E-state index in [1.54, 1.807) is 6.07 Å². The van der Waals surface area contributed by atoms with Gasteiger partial charge >= 0.3 is 0 Å². The first kappa shape index (κ1) is 22.3. The topological polar surface area (TPSA) is 50.2 Å². The van der Waals surface area contributed by atoms with Gasteiger partial charge in [-0.25, -0.2) is 0 Å². The summed E-state index contributed by atoms with van der Waals surface area (Å²) in [7, 11) is 1.88. The van der Waals surface area contributed by atoms with E-state index in [0.717, 1.165) is 22.5 Å². The van der Waals surface area contributed by atoms with Gasteiger partial charge in [-0.1, -0.05) is 65.7 Å². The predicted molar refractivity (Wildman–Crippen MR) is 122 cm³/mol. The molecule has 0 radical (unpaired) electrons. The lowest BCUT2D eigenvalue weighted by atomic mass is 10.2. The molecule has 30 heavy (non-hydrogen) atoms. The molecule has 1 N–H and O–H groups in total. The molecule has 1 aromatic heterocycles. The maximum Gasteiger partial charge on any atom is 0.234 e. The molecule has 0 saturated carbocycles. The smallest absolute Gasteiger partial charge is 0.234 e. The molecule has 0 aliphatic rings. The lowest BCUT2D eigenvalue weighted by molar-refractivity contribution is -0.122. The summed E-state index contributed by atoms with van der Waals surface area (Å²) in [5.41, 5.74) is 5.15. The Morgan fingerprint density at radius 3 is 2.57 bits per heavy atom. The molecule has 5 nitrogen and oxygen atoms in total. The minimum atomic E-state index is -0.0507. The highest BCUT2D eigenvalue weighted by Gasteiger charge is 2.14. The van der Waals surface area contributed by atoms with Crippen molar-refractivity contribution in [3.05, 3.63) is 86.7 Å². The second kappa shape index (κ2) is 10.1. The summed E-state index contributed by atoms with van der Waals surface area (Å²) in [5.74, 6) is -0.0507. The van der Waals surface area contributed by atoms with E-state index in [-0.39, 0.29) is 12.5 Å². The second-order valence-electron chi connectivity index (χ2n) is 7.45. The fraction of sp³-hybridized carbons (Fsp3) is 0.304. The molecule has 0 aliphatic heterocycles. The average molecular weight is 445 g/mol. The third-order valence-corrected chi connectivity index (χ3v) is 5.91. The zero-order valence-electron chi connectivity index (χ0n) is 17.5. The highest BCUT2D eigenvalue weighted by Crippen LogP contribution is 2.26. The second-order valence-corrected chi connectivity index (χ2v) is 8.24. The maximum absolute atomic E-state index is 12.5. The summed E-state index contributed by atoms with van der Waals surface area (Å²) in [5, 5.41) is 8.70. The van der Waals surface area contributed by atoms with E-state index < -0.39 is 0 Å². The molecule has 1 heterocycles. The van der Waals surface area contributed by atoms with Crippen LogP contribution in [0, 0.1) is 13.8 Å². The van der Waals surface area contributed by atoms with Gasteiger partial charge in [-0.15, -0.1) is 0 Å². The number of hydrogen-bond acceptors (Lipinski definition) is 3. The van der Waals surface area contributed by atoms with Crippen LogP contribution < -0.4 is 5.32 Å². The van der Waals surface area contributed by atoms with Crippen molar-refractivity contribution in [1.82, 2.24) is 20.0 Å². The zero-order valence-corrected chi connectivity index (χ0v) is 19.0. The summed E-state index contributed by atoms with van der Waals surface area (Å²) in [6.45, 7) is 5.99.